The lowest BCUT2D eigenvalue weighted by Crippen LogP contribution is -2.13. The highest BCUT2D eigenvalue weighted by molar-refractivity contribution is 9.10. The molecule has 33 heavy (non-hydrogen) atoms. The van der Waals surface area contributed by atoms with E-state index in [2.05, 4.69) is 21.2 Å². The van der Waals surface area contributed by atoms with Gasteiger partial charge >= 0.3 is 0 Å². The molecule has 3 aromatic carbocycles. The van der Waals surface area contributed by atoms with E-state index in [1.807, 2.05) is 13.0 Å². The Labute approximate surface area is 204 Å². The van der Waals surface area contributed by atoms with Crippen molar-refractivity contribution < 1.29 is 18.7 Å². The first-order valence-electron chi connectivity index (χ1n) is 9.92. The number of ether oxygens (including phenoxy) is 2. The van der Waals surface area contributed by atoms with Crippen LogP contribution >= 0.6 is 27.5 Å². The number of nitrogens with zero attached hydrogens (tertiary/aromatic N) is 1. The Bertz CT molecular complexity index is 1210. The molecule has 0 aliphatic rings. The molecule has 5 nitrogen and oxygen atoms in total. The number of rotatable bonds is 8. The number of amides is 1. The maximum atomic E-state index is 13.1. The van der Waals surface area contributed by atoms with E-state index < -0.39 is 5.91 Å². The van der Waals surface area contributed by atoms with Gasteiger partial charge < -0.3 is 14.8 Å². The average molecular weight is 530 g/mol. The van der Waals surface area contributed by atoms with Crippen LogP contribution < -0.4 is 14.8 Å². The zero-order chi connectivity index (χ0) is 23.8. The lowest BCUT2D eigenvalue weighted by molar-refractivity contribution is -0.112. The van der Waals surface area contributed by atoms with Crippen molar-refractivity contribution in [2.45, 2.75) is 13.5 Å². The van der Waals surface area contributed by atoms with Gasteiger partial charge in [-0.2, -0.15) is 5.26 Å². The van der Waals surface area contributed by atoms with E-state index in [9.17, 15) is 14.4 Å². The van der Waals surface area contributed by atoms with Crippen LogP contribution in [0, 0.1) is 17.1 Å². The Morgan fingerprint density at radius 1 is 1.15 bits per heavy atom. The summed E-state index contributed by atoms with van der Waals surface area (Å²) in [6.45, 7) is 2.43. The monoisotopic (exact) mass is 528 g/mol. The molecule has 0 aromatic heterocycles. The van der Waals surface area contributed by atoms with Gasteiger partial charge in [0, 0.05) is 10.7 Å². The molecule has 3 aromatic rings. The Morgan fingerprint density at radius 2 is 1.85 bits per heavy atom. The predicted molar refractivity (Wildman–Crippen MR) is 130 cm³/mol. The summed E-state index contributed by atoms with van der Waals surface area (Å²) in [5.74, 6) is 0.0306. The fourth-order valence-corrected chi connectivity index (χ4v) is 3.56. The largest absolute Gasteiger partial charge is 0.490 e. The van der Waals surface area contributed by atoms with Gasteiger partial charge in [0.15, 0.2) is 11.5 Å². The van der Waals surface area contributed by atoms with Crippen LogP contribution in [0.1, 0.15) is 18.1 Å². The van der Waals surface area contributed by atoms with Gasteiger partial charge in [0.25, 0.3) is 5.91 Å². The molecule has 0 bridgehead atoms. The number of nitrogens with one attached hydrogen (secondary N) is 1. The van der Waals surface area contributed by atoms with Gasteiger partial charge in [-0.05, 0) is 88.6 Å². The van der Waals surface area contributed by atoms with Gasteiger partial charge in [0.1, 0.15) is 24.1 Å². The van der Waals surface area contributed by atoms with Crippen molar-refractivity contribution >= 4 is 45.2 Å². The summed E-state index contributed by atoms with van der Waals surface area (Å²) in [7, 11) is 0. The summed E-state index contributed by atoms with van der Waals surface area (Å²) in [5, 5.41) is 12.7. The van der Waals surface area contributed by atoms with Crippen molar-refractivity contribution in [2.75, 3.05) is 11.9 Å². The molecule has 0 saturated heterocycles. The molecule has 168 valence electrons. The van der Waals surface area contributed by atoms with Crippen molar-refractivity contribution in [3.05, 3.63) is 92.7 Å². The van der Waals surface area contributed by atoms with Crippen LogP contribution in [0.5, 0.6) is 11.5 Å². The molecule has 1 amide bonds. The Kier molecular flexibility index (Phi) is 8.47. The van der Waals surface area contributed by atoms with Crippen LogP contribution in [0.2, 0.25) is 5.02 Å². The summed E-state index contributed by atoms with van der Waals surface area (Å²) in [6.07, 6.45) is 1.46. The average Bonchev–Trinajstić information content (AvgIpc) is 2.79. The minimum atomic E-state index is -0.550. The first kappa shape index (κ1) is 24.3. The van der Waals surface area contributed by atoms with Gasteiger partial charge in [0.05, 0.1) is 11.1 Å². The Hall–Kier alpha value is -3.34. The van der Waals surface area contributed by atoms with Crippen LogP contribution in [-0.2, 0) is 11.4 Å². The van der Waals surface area contributed by atoms with Gasteiger partial charge in [-0.15, -0.1) is 0 Å². The molecule has 0 atom stereocenters. The number of nitriles is 1. The Morgan fingerprint density at radius 3 is 2.48 bits per heavy atom. The lowest BCUT2D eigenvalue weighted by atomic mass is 10.1. The molecule has 0 spiro atoms. The first-order valence-corrected chi connectivity index (χ1v) is 11.1. The fourth-order valence-electron chi connectivity index (χ4n) is 2.86. The smallest absolute Gasteiger partial charge is 0.266 e. The summed E-state index contributed by atoms with van der Waals surface area (Å²) < 4.78 is 25.3. The molecule has 0 fully saturated rings. The minimum Gasteiger partial charge on any atom is -0.490 e. The van der Waals surface area contributed by atoms with Crippen molar-refractivity contribution in [3.63, 3.8) is 0 Å². The highest BCUT2D eigenvalue weighted by Gasteiger charge is 2.15. The minimum absolute atomic E-state index is 0.0840. The maximum absolute atomic E-state index is 13.1. The van der Waals surface area contributed by atoms with Crippen LogP contribution in [0.3, 0.4) is 0 Å². The maximum Gasteiger partial charge on any atom is 0.266 e. The number of benzene rings is 3. The van der Waals surface area contributed by atoms with Gasteiger partial charge in [-0.1, -0.05) is 23.7 Å². The summed E-state index contributed by atoms with van der Waals surface area (Å²) in [6, 6.07) is 17.9. The van der Waals surface area contributed by atoms with Crippen LogP contribution in [0.15, 0.2) is 70.7 Å². The third-order valence-electron chi connectivity index (χ3n) is 4.41. The zero-order valence-corrected chi connectivity index (χ0v) is 19.9. The van der Waals surface area contributed by atoms with Crippen LogP contribution in [0.4, 0.5) is 10.1 Å². The van der Waals surface area contributed by atoms with Gasteiger partial charge in [-0.3, -0.25) is 4.79 Å². The topological polar surface area (TPSA) is 71.3 Å². The van der Waals surface area contributed by atoms with E-state index in [-0.39, 0.29) is 18.0 Å². The van der Waals surface area contributed by atoms with E-state index in [0.29, 0.717) is 38.9 Å². The lowest BCUT2D eigenvalue weighted by Gasteiger charge is -2.15. The second-order valence-electron chi connectivity index (χ2n) is 6.81. The molecule has 3 rings (SSSR count). The third kappa shape index (κ3) is 6.82. The Balaban J connectivity index is 1.83. The highest BCUT2D eigenvalue weighted by Crippen LogP contribution is 2.38. The number of hydrogen-bond acceptors (Lipinski definition) is 4. The van der Waals surface area contributed by atoms with Gasteiger partial charge in [-0.25, -0.2) is 4.39 Å². The van der Waals surface area contributed by atoms with Gasteiger partial charge in [0.2, 0.25) is 0 Å². The molecule has 8 heteroatoms. The molecule has 0 radical (unpaired) electrons. The predicted octanol–water partition coefficient (Wildman–Crippen LogP) is 6.76. The first-order chi connectivity index (χ1) is 15.9. The molecular weight excluding hydrogens is 511 g/mol. The summed E-state index contributed by atoms with van der Waals surface area (Å²) in [5.41, 5.74) is 1.80. The van der Waals surface area contributed by atoms with Crippen LogP contribution in [0.25, 0.3) is 6.08 Å². The number of anilines is 1. The quantitative estimate of drug-likeness (QED) is 0.258. The zero-order valence-electron chi connectivity index (χ0n) is 17.6. The summed E-state index contributed by atoms with van der Waals surface area (Å²) in [4.78, 5) is 12.5. The van der Waals surface area contributed by atoms with Crippen LogP contribution in [-0.4, -0.2) is 12.5 Å². The number of carbonyl (C=O) groups is 1. The fraction of sp³-hybridized carbons (Fsp3) is 0.120. The molecular formula is C25H19BrClFN2O3. The van der Waals surface area contributed by atoms with E-state index in [4.69, 9.17) is 21.1 Å². The molecule has 1 N–H and O–H groups in total. The molecule has 0 heterocycles. The molecule has 0 unspecified atom stereocenters. The van der Waals surface area contributed by atoms with E-state index >= 15 is 0 Å². The number of halogens is 3. The number of hydrogen-bond donors (Lipinski definition) is 1. The van der Waals surface area contributed by atoms with E-state index in [0.717, 1.165) is 5.56 Å². The summed E-state index contributed by atoms with van der Waals surface area (Å²) >= 11 is 9.33. The van der Waals surface area contributed by atoms with E-state index in [1.165, 1.54) is 18.2 Å². The van der Waals surface area contributed by atoms with E-state index in [1.54, 1.807) is 48.5 Å². The standard InChI is InChI=1S/C25H19BrClFN2O3/c1-2-32-23-13-17(11-18(14-29)25(31)30-21-9-5-19(27)6-10-21)12-22(26)24(23)33-15-16-3-7-20(28)8-4-16/h3-13H,2,15H2,1H3,(H,30,31)/b18-11-. The third-order valence-corrected chi connectivity index (χ3v) is 5.25. The SMILES string of the molecule is CCOc1cc(/C=C(/C#N)C(=O)Nc2ccc(Cl)cc2)cc(Br)c1OCc1ccc(F)cc1. The van der Waals surface area contributed by atoms with Crippen molar-refractivity contribution in [1.29, 1.82) is 5.26 Å². The number of carbonyl (C=O) groups excluding carboxylic acids is 1. The van der Waals surface area contributed by atoms with Crippen molar-refractivity contribution in [1.82, 2.24) is 0 Å². The molecule has 0 saturated carbocycles. The second kappa shape index (κ2) is 11.5. The van der Waals surface area contributed by atoms with Crippen molar-refractivity contribution in [2.24, 2.45) is 0 Å². The molecule has 0 aliphatic carbocycles. The normalized spacial score (nSPS) is 10.9. The molecule has 0 aliphatic heterocycles. The second-order valence-corrected chi connectivity index (χ2v) is 8.10. The highest BCUT2D eigenvalue weighted by atomic mass is 79.9. The van der Waals surface area contributed by atoms with Crippen molar-refractivity contribution in [3.8, 4) is 17.6 Å².